The lowest BCUT2D eigenvalue weighted by atomic mass is 10.0. The molecule has 0 radical (unpaired) electrons. The summed E-state index contributed by atoms with van der Waals surface area (Å²) in [6.45, 7) is 8.96. The van der Waals surface area contributed by atoms with E-state index in [-0.39, 0.29) is 0 Å². The number of aromatic nitrogens is 2. The van der Waals surface area contributed by atoms with Crippen molar-refractivity contribution < 1.29 is 0 Å². The summed E-state index contributed by atoms with van der Waals surface area (Å²) < 4.78 is 2.09. The van der Waals surface area contributed by atoms with Crippen LogP contribution in [0.15, 0.2) is 36.9 Å². The van der Waals surface area contributed by atoms with Gasteiger partial charge in [0.2, 0.25) is 0 Å². The van der Waals surface area contributed by atoms with Gasteiger partial charge in [-0.25, -0.2) is 4.98 Å². The van der Waals surface area contributed by atoms with Gasteiger partial charge in [-0.05, 0) is 37.5 Å². The minimum absolute atomic E-state index is 0.643. The SMILES string of the molecule is C=CCc1c(C)c(C#N)c2nc3ccccc3n2c1NCCCC. The fourth-order valence-electron chi connectivity index (χ4n) is 3.15. The van der Waals surface area contributed by atoms with Gasteiger partial charge in [-0.2, -0.15) is 5.26 Å². The Morgan fingerprint density at radius 2 is 2.17 bits per heavy atom. The molecule has 24 heavy (non-hydrogen) atoms. The van der Waals surface area contributed by atoms with Crippen molar-refractivity contribution in [3.63, 3.8) is 0 Å². The molecule has 0 fully saturated rings. The molecule has 0 amide bonds. The molecular weight excluding hydrogens is 296 g/mol. The van der Waals surface area contributed by atoms with Gasteiger partial charge in [0.05, 0.1) is 16.6 Å². The summed E-state index contributed by atoms with van der Waals surface area (Å²) >= 11 is 0. The van der Waals surface area contributed by atoms with E-state index in [1.54, 1.807) is 0 Å². The minimum atomic E-state index is 0.643. The molecule has 1 aromatic carbocycles. The molecule has 3 aromatic rings. The molecule has 0 aliphatic heterocycles. The van der Waals surface area contributed by atoms with Crippen molar-refractivity contribution in [3.05, 3.63) is 53.6 Å². The molecule has 4 nitrogen and oxygen atoms in total. The number of hydrogen-bond donors (Lipinski definition) is 1. The molecule has 0 bridgehead atoms. The highest BCUT2D eigenvalue weighted by molar-refractivity contribution is 5.86. The van der Waals surface area contributed by atoms with Gasteiger partial charge < -0.3 is 5.32 Å². The Labute approximate surface area is 142 Å². The fraction of sp³-hybridized carbons (Fsp3) is 0.300. The van der Waals surface area contributed by atoms with Crippen LogP contribution in [0.25, 0.3) is 16.7 Å². The lowest BCUT2D eigenvalue weighted by Crippen LogP contribution is -2.11. The second kappa shape index (κ2) is 6.76. The van der Waals surface area contributed by atoms with Crippen molar-refractivity contribution in [2.24, 2.45) is 0 Å². The van der Waals surface area contributed by atoms with Gasteiger partial charge in [0.25, 0.3) is 0 Å². The molecule has 0 unspecified atom stereocenters. The maximum Gasteiger partial charge on any atom is 0.157 e. The summed E-state index contributed by atoms with van der Waals surface area (Å²) in [5, 5.41) is 13.3. The Morgan fingerprint density at radius 1 is 1.38 bits per heavy atom. The van der Waals surface area contributed by atoms with Crippen LogP contribution in [0.3, 0.4) is 0 Å². The number of nitriles is 1. The topological polar surface area (TPSA) is 53.1 Å². The first-order valence-corrected chi connectivity index (χ1v) is 8.40. The second-order valence-electron chi connectivity index (χ2n) is 5.97. The van der Waals surface area contributed by atoms with Crippen molar-refractivity contribution in [1.82, 2.24) is 9.38 Å². The third-order valence-corrected chi connectivity index (χ3v) is 4.40. The Morgan fingerprint density at radius 3 is 2.88 bits per heavy atom. The number of unbranched alkanes of at least 4 members (excludes halogenated alkanes) is 1. The summed E-state index contributed by atoms with van der Waals surface area (Å²) in [6.07, 6.45) is 4.84. The van der Waals surface area contributed by atoms with E-state index in [9.17, 15) is 5.26 Å². The van der Waals surface area contributed by atoms with E-state index in [1.165, 1.54) is 0 Å². The molecule has 3 rings (SSSR count). The first kappa shape index (κ1) is 16.1. The number of fused-ring (bicyclic) bond motifs is 3. The monoisotopic (exact) mass is 318 g/mol. The number of nitrogens with one attached hydrogen (secondary N) is 1. The van der Waals surface area contributed by atoms with Crippen LogP contribution in [0.2, 0.25) is 0 Å². The van der Waals surface area contributed by atoms with Crippen LogP contribution >= 0.6 is 0 Å². The zero-order valence-electron chi connectivity index (χ0n) is 14.3. The number of benzene rings is 1. The van der Waals surface area contributed by atoms with E-state index in [0.29, 0.717) is 5.56 Å². The highest BCUT2D eigenvalue weighted by atomic mass is 15.1. The zero-order valence-corrected chi connectivity index (χ0v) is 14.3. The average Bonchev–Trinajstić information content (AvgIpc) is 2.97. The lowest BCUT2D eigenvalue weighted by molar-refractivity contribution is 0.827. The highest BCUT2D eigenvalue weighted by Gasteiger charge is 2.19. The van der Waals surface area contributed by atoms with Gasteiger partial charge >= 0.3 is 0 Å². The molecule has 0 aliphatic rings. The molecule has 0 spiro atoms. The number of nitrogens with zero attached hydrogens (tertiary/aromatic N) is 3. The van der Waals surface area contributed by atoms with E-state index in [4.69, 9.17) is 4.98 Å². The molecule has 2 heterocycles. The molecule has 0 saturated heterocycles. The molecule has 0 aliphatic carbocycles. The van der Waals surface area contributed by atoms with Crippen LogP contribution in [-0.2, 0) is 6.42 Å². The second-order valence-corrected chi connectivity index (χ2v) is 5.97. The van der Waals surface area contributed by atoms with Gasteiger partial charge in [-0.1, -0.05) is 31.6 Å². The van der Waals surface area contributed by atoms with Crippen molar-refractivity contribution in [3.8, 4) is 6.07 Å². The fourth-order valence-corrected chi connectivity index (χ4v) is 3.15. The highest BCUT2D eigenvalue weighted by Crippen LogP contribution is 2.31. The Kier molecular flexibility index (Phi) is 4.52. The number of allylic oxidation sites excluding steroid dienone is 1. The Hall–Kier alpha value is -2.80. The number of anilines is 1. The number of rotatable bonds is 6. The quantitative estimate of drug-likeness (QED) is 0.533. The number of para-hydroxylation sites is 2. The Bertz CT molecular complexity index is 944. The number of imidazole rings is 1. The molecule has 0 atom stereocenters. The standard InChI is InChI=1S/C20H22N4/c1-4-6-12-22-19-15(9-5-2)14(3)16(13-21)20-23-17-10-7-8-11-18(17)24(19)20/h5,7-8,10-11,22H,2,4,6,9,12H2,1,3H3. The van der Waals surface area contributed by atoms with Crippen LogP contribution in [0.5, 0.6) is 0 Å². The van der Waals surface area contributed by atoms with Crippen LogP contribution in [0.1, 0.15) is 36.5 Å². The molecule has 0 saturated carbocycles. The normalized spacial score (nSPS) is 10.9. The first-order chi connectivity index (χ1) is 11.7. The predicted molar refractivity (Wildman–Crippen MR) is 99.4 cm³/mol. The van der Waals surface area contributed by atoms with Crippen LogP contribution < -0.4 is 5.32 Å². The molecule has 2 aromatic heterocycles. The number of pyridine rings is 1. The van der Waals surface area contributed by atoms with Gasteiger partial charge in [-0.15, -0.1) is 6.58 Å². The third kappa shape index (κ3) is 2.52. The van der Waals surface area contributed by atoms with E-state index >= 15 is 0 Å². The van der Waals surface area contributed by atoms with Crippen LogP contribution in [0.4, 0.5) is 5.82 Å². The minimum Gasteiger partial charge on any atom is -0.371 e. The lowest BCUT2D eigenvalue weighted by Gasteiger charge is -2.18. The molecule has 4 heteroatoms. The van der Waals surface area contributed by atoms with E-state index in [2.05, 4.69) is 35.4 Å². The summed E-state index contributed by atoms with van der Waals surface area (Å²) in [5.74, 6) is 1.03. The maximum absolute atomic E-state index is 9.69. The van der Waals surface area contributed by atoms with E-state index in [0.717, 1.165) is 59.4 Å². The van der Waals surface area contributed by atoms with Crippen molar-refractivity contribution in [2.45, 2.75) is 33.1 Å². The van der Waals surface area contributed by atoms with Crippen molar-refractivity contribution in [2.75, 3.05) is 11.9 Å². The zero-order chi connectivity index (χ0) is 17.1. The van der Waals surface area contributed by atoms with Gasteiger partial charge in [0.1, 0.15) is 11.9 Å². The maximum atomic E-state index is 9.69. The summed E-state index contributed by atoms with van der Waals surface area (Å²) in [7, 11) is 0. The average molecular weight is 318 g/mol. The molecular formula is C20H22N4. The smallest absolute Gasteiger partial charge is 0.157 e. The van der Waals surface area contributed by atoms with Crippen molar-refractivity contribution >= 4 is 22.5 Å². The molecule has 1 N–H and O–H groups in total. The van der Waals surface area contributed by atoms with Crippen LogP contribution in [-0.4, -0.2) is 15.9 Å². The van der Waals surface area contributed by atoms with E-state index in [1.807, 2.05) is 31.2 Å². The largest absolute Gasteiger partial charge is 0.371 e. The predicted octanol–water partition coefficient (Wildman–Crippen LogP) is 4.61. The summed E-state index contributed by atoms with van der Waals surface area (Å²) in [5.41, 5.74) is 5.40. The first-order valence-electron chi connectivity index (χ1n) is 8.40. The third-order valence-electron chi connectivity index (χ3n) is 4.40. The summed E-state index contributed by atoms with van der Waals surface area (Å²) in [6, 6.07) is 10.4. The summed E-state index contributed by atoms with van der Waals surface area (Å²) in [4.78, 5) is 4.71. The van der Waals surface area contributed by atoms with Gasteiger partial charge in [0, 0.05) is 12.1 Å². The number of hydrogen-bond acceptors (Lipinski definition) is 3. The van der Waals surface area contributed by atoms with E-state index < -0.39 is 0 Å². The van der Waals surface area contributed by atoms with Crippen molar-refractivity contribution in [1.29, 1.82) is 5.26 Å². The Balaban J connectivity index is 2.39. The van der Waals surface area contributed by atoms with Gasteiger partial charge in [-0.3, -0.25) is 4.40 Å². The van der Waals surface area contributed by atoms with Crippen LogP contribution in [0, 0.1) is 18.3 Å². The van der Waals surface area contributed by atoms with Gasteiger partial charge in [0.15, 0.2) is 5.65 Å². The molecule has 122 valence electrons.